The maximum Gasteiger partial charge on any atom is 0.279 e. The largest absolute Gasteiger partial charge is 0.287 e. The van der Waals surface area contributed by atoms with Crippen LogP contribution in [0.25, 0.3) is 10.4 Å². The molecule has 0 spiro atoms. The van der Waals surface area contributed by atoms with Crippen LogP contribution in [0.2, 0.25) is 5.02 Å². The van der Waals surface area contributed by atoms with Gasteiger partial charge in [-0.1, -0.05) is 60.1 Å². The van der Waals surface area contributed by atoms with Gasteiger partial charge in [0.1, 0.15) is 11.5 Å². The van der Waals surface area contributed by atoms with Gasteiger partial charge in [-0.2, -0.15) is 0 Å². The molecule has 0 radical (unpaired) electrons. The molecule has 4 rings (SSSR count). The van der Waals surface area contributed by atoms with E-state index < -0.39 is 0 Å². The van der Waals surface area contributed by atoms with Gasteiger partial charge in [0.05, 0.1) is 16.4 Å². The van der Waals surface area contributed by atoms with E-state index >= 15 is 0 Å². The maximum absolute atomic E-state index is 13.6. The quantitative estimate of drug-likeness (QED) is 0.397. The fraction of sp³-hybridized carbons (Fsp3) is 0.0870. The predicted octanol–water partition coefficient (Wildman–Crippen LogP) is 6.01. The summed E-state index contributed by atoms with van der Waals surface area (Å²) in [7, 11) is 0. The zero-order chi connectivity index (χ0) is 20.2. The topological polar surface area (TPSA) is 46.1 Å². The first kappa shape index (κ1) is 19.3. The van der Waals surface area contributed by atoms with E-state index in [2.05, 4.69) is 9.97 Å². The van der Waals surface area contributed by atoms with Crippen LogP contribution in [-0.2, 0) is 6.54 Å². The molecule has 0 aliphatic rings. The molecule has 6 heteroatoms. The van der Waals surface area contributed by atoms with Crippen LogP contribution in [0.5, 0.6) is 0 Å². The number of nitrogens with zero attached hydrogens (tertiary/aromatic N) is 3. The highest BCUT2D eigenvalue weighted by Crippen LogP contribution is 2.32. The highest BCUT2D eigenvalue weighted by molar-refractivity contribution is 7.15. The van der Waals surface area contributed by atoms with Crippen molar-refractivity contribution in [2.75, 3.05) is 4.90 Å². The van der Waals surface area contributed by atoms with Crippen molar-refractivity contribution >= 4 is 34.7 Å². The van der Waals surface area contributed by atoms with Crippen LogP contribution >= 0.6 is 22.9 Å². The maximum atomic E-state index is 13.6. The lowest BCUT2D eigenvalue weighted by Crippen LogP contribution is -2.31. The minimum absolute atomic E-state index is 0.188. The van der Waals surface area contributed by atoms with Crippen LogP contribution < -0.4 is 4.90 Å². The number of carbonyl (C=O) groups excluding carboxylic acids is 1. The highest BCUT2D eigenvalue weighted by atomic mass is 35.5. The van der Waals surface area contributed by atoms with Gasteiger partial charge in [0.25, 0.3) is 5.91 Å². The van der Waals surface area contributed by atoms with E-state index in [0.29, 0.717) is 23.1 Å². The van der Waals surface area contributed by atoms with E-state index in [-0.39, 0.29) is 5.91 Å². The first-order chi connectivity index (χ1) is 14.1. The second-order valence-electron chi connectivity index (χ2n) is 6.49. The zero-order valence-corrected chi connectivity index (χ0v) is 17.3. The lowest BCUT2D eigenvalue weighted by Gasteiger charge is -2.21. The molecule has 4 aromatic rings. The van der Waals surface area contributed by atoms with Crippen molar-refractivity contribution in [2.24, 2.45) is 0 Å². The molecule has 0 unspecified atom stereocenters. The average Bonchev–Trinajstić information content (AvgIpc) is 3.15. The Balaban J connectivity index is 1.77. The molecule has 0 N–H and O–H groups in total. The standard InChI is InChI=1S/C23H18ClN3OS/c1-16-26-21(22(29-16)18-9-3-2-4-10-18)23(28)27(20-12-5-6-13-25-20)15-17-8-7-11-19(24)14-17/h2-14H,15H2,1H3. The Morgan fingerprint density at radius 2 is 1.83 bits per heavy atom. The van der Waals surface area contributed by atoms with E-state index in [9.17, 15) is 4.79 Å². The minimum atomic E-state index is -0.188. The third-order valence-corrected chi connectivity index (χ3v) is 5.63. The number of aromatic nitrogens is 2. The Bertz CT molecular complexity index is 1130. The van der Waals surface area contributed by atoms with Crippen molar-refractivity contribution in [3.05, 3.63) is 100 Å². The summed E-state index contributed by atoms with van der Waals surface area (Å²) in [6.07, 6.45) is 1.68. The summed E-state index contributed by atoms with van der Waals surface area (Å²) >= 11 is 7.67. The van der Waals surface area contributed by atoms with E-state index in [1.165, 1.54) is 11.3 Å². The summed E-state index contributed by atoms with van der Waals surface area (Å²) in [5, 5.41) is 1.47. The number of amides is 1. The number of hydrogen-bond acceptors (Lipinski definition) is 4. The van der Waals surface area contributed by atoms with E-state index in [0.717, 1.165) is 21.0 Å². The molecule has 4 nitrogen and oxygen atoms in total. The number of thiazole rings is 1. The second kappa shape index (κ2) is 8.55. The highest BCUT2D eigenvalue weighted by Gasteiger charge is 2.25. The normalized spacial score (nSPS) is 10.7. The Hall–Kier alpha value is -3.02. The van der Waals surface area contributed by atoms with Crippen molar-refractivity contribution < 1.29 is 4.79 Å². The fourth-order valence-corrected chi connectivity index (χ4v) is 4.20. The smallest absolute Gasteiger partial charge is 0.279 e. The van der Waals surface area contributed by atoms with E-state index in [1.807, 2.05) is 79.7 Å². The number of benzene rings is 2. The molecule has 144 valence electrons. The fourth-order valence-electron chi connectivity index (χ4n) is 3.07. The van der Waals surface area contributed by atoms with Crippen LogP contribution in [-0.4, -0.2) is 15.9 Å². The number of aryl methyl sites for hydroxylation is 1. The van der Waals surface area contributed by atoms with Crippen molar-refractivity contribution in [3.63, 3.8) is 0 Å². The number of anilines is 1. The predicted molar refractivity (Wildman–Crippen MR) is 118 cm³/mol. The Morgan fingerprint density at radius 3 is 2.55 bits per heavy atom. The molecule has 0 fully saturated rings. The van der Waals surface area contributed by atoms with Crippen LogP contribution in [0.1, 0.15) is 21.1 Å². The van der Waals surface area contributed by atoms with Gasteiger partial charge in [0.15, 0.2) is 0 Å². The van der Waals surface area contributed by atoms with E-state index in [1.54, 1.807) is 11.1 Å². The van der Waals surface area contributed by atoms with Crippen molar-refractivity contribution in [2.45, 2.75) is 13.5 Å². The monoisotopic (exact) mass is 419 g/mol. The van der Waals surface area contributed by atoms with Gasteiger partial charge in [-0.3, -0.25) is 9.69 Å². The molecule has 0 aliphatic carbocycles. The van der Waals surface area contributed by atoms with Crippen LogP contribution in [0, 0.1) is 6.92 Å². The Labute approximate surface area is 178 Å². The van der Waals surface area contributed by atoms with Gasteiger partial charge in [0, 0.05) is 11.2 Å². The molecular weight excluding hydrogens is 402 g/mol. The molecule has 0 aliphatic heterocycles. The van der Waals surface area contributed by atoms with Gasteiger partial charge >= 0.3 is 0 Å². The summed E-state index contributed by atoms with van der Waals surface area (Å²) in [5.41, 5.74) is 2.33. The summed E-state index contributed by atoms with van der Waals surface area (Å²) in [5.74, 6) is 0.383. The van der Waals surface area contributed by atoms with Gasteiger partial charge in [0.2, 0.25) is 0 Å². The van der Waals surface area contributed by atoms with Crippen LogP contribution in [0.4, 0.5) is 5.82 Å². The van der Waals surface area contributed by atoms with E-state index in [4.69, 9.17) is 11.6 Å². The first-order valence-electron chi connectivity index (χ1n) is 9.12. The molecule has 1 amide bonds. The molecule has 0 bridgehead atoms. The van der Waals surface area contributed by atoms with Gasteiger partial charge in [-0.25, -0.2) is 9.97 Å². The number of pyridine rings is 1. The summed E-state index contributed by atoms with van der Waals surface area (Å²) in [4.78, 5) is 25.1. The van der Waals surface area contributed by atoms with Crippen LogP contribution in [0.3, 0.4) is 0 Å². The molecule has 0 saturated carbocycles. The molecule has 2 aromatic heterocycles. The zero-order valence-electron chi connectivity index (χ0n) is 15.7. The number of halogens is 1. The molecule has 0 saturated heterocycles. The minimum Gasteiger partial charge on any atom is -0.287 e. The SMILES string of the molecule is Cc1nc(C(=O)N(Cc2cccc(Cl)c2)c2ccccn2)c(-c2ccccc2)s1. The van der Waals surface area contributed by atoms with Crippen molar-refractivity contribution in [3.8, 4) is 10.4 Å². The van der Waals surface area contributed by atoms with Crippen molar-refractivity contribution in [1.82, 2.24) is 9.97 Å². The summed E-state index contributed by atoms with van der Waals surface area (Å²) in [6.45, 7) is 2.26. The molecule has 0 atom stereocenters. The lowest BCUT2D eigenvalue weighted by molar-refractivity contribution is 0.0980. The second-order valence-corrected chi connectivity index (χ2v) is 8.13. The Kier molecular flexibility index (Phi) is 5.69. The molecule has 2 heterocycles. The number of hydrogen-bond donors (Lipinski definition) is 0. The summed E-state index contributed by atoms with van der Waals surface area (Å²) < 4.78 is 0. The van der Waals surface area contributed by atoms with Crippen LogP contribution in [0.15, 0.2) is 79.0 Å². The first-order valence-corrected chi connectivity index (χ1v) is 10.3. The third-order valence-electron chi connectivity index (χ3n) is 4.37. The van der Waals surface area contributed by atoms with Gasteiger partial charge in [-0.15, -0.1) is 11.3 Å². The average molecular weight is 420 g/mol. The summed E-state index contributed by atoms with van der Waals surface area (Å²) in [6, 6.07) is 22.9. The molecular formula is C23H18ClN3OS. The molecule has 2 aromatic carbocycles. The number of rotatable bonds is 5. The van der Waals surface area contributed by atoms with Gasteiger partial charge in [-0.05, 0) is 42.3 Å². The van der Waals surface area contributed by atoms with Crippen molar-refractivity contribution in [1.29, 1.82) is 0 Å². The van der Waals surface area contributed by atoms with Gasteiger partial charge < -0.3 is 0 Å². The number of carbonyl (C=O) groups is 1. The third kappa shape index (κ3) is 4.36. The Morgan fingerprint density at radius 1 is 1.03 bits per heavy atom. The molecule has 29 heavy (non-hydrogen) atoms. The lowest BCUT2D eigenvalue weighted by atomic mass is 10.1.